The molecule has 0 aliphatic rings. The van der Waals surface area contributed by atoms with Gasteiger partial charge in [0.1, 0.15) is 6.04 Å². The molecule has 0 bridgehead atoms. The van der Waals surface area contributed by atoms with Crippen LogP contribution in [0.4, 0.5) is 0 Å². The molecule has 1 amide bonds. The summed E-state index contributed by atoms with van der Waals surface area (Å²) in [6.45, 7) is 3.21. The summed E-state index contributed by atoms with van der Waals surface area (Å²) in [7, 11) is -1.18. The fraction of sp³-hybridized carbons (Fsp3) is 0.778. The Bertz CT molecular complexity index is 254. The maximum absolute atomic E-state index is 11.4. The van der Waals surface area contributed by atoms with Gasteiger partial charge in [-0.1, -0.05) is 13.3 Å². The Morgan fingerprint density at radius 1 is 1.47 bits per heavy atom. The second-order valence-electron chi connectivity index (χ2n) is 3.26. The Hall–Kier alpha value is -0.910. The molecule has 0 aliphatic heterocycles. The quantitative estimate of drug-likeness (QED) is 0.656. The molecule has 0 aromatic carbocycles. The molecular weight excluding hydrogens is 218 g/mol. The van der Waals surface area contributed by atoms with Crippen LogP contribution in [0.5, 0.6) is 0 Å². The lowest BCUT2D eigenvalue weighted by Gasteiger charge is -2.12. The van der Waals surface area contributed by atoms with Gasteiger partial charge in [0, 0.05) is 23.5 Å². The summed E-state index contributed by atoms with van der Waals surface area (Å²) in [5.74, 6) is -1.10. The molecule has 2 atom stereocenters. The van der Waals surface area contributed by atoms with Crippen LogP contribution >= 0.6 is 0 Å². The zero-order chi connectivity index (χ0) is 11.8. The first kappa shape index (κ1) is 14.1. The molecule has 0 saturated carbocycles. The van der Waals surface area contributed by atoms with Crippen molar-refractivity contribution in [3.63, 3.8) is 0 Å². The molecule has 15 heavy (non-hydrogen) atoms. The predicted octanol–water partition coefficient (Wildman–Crippen LogP) is 0.124. The molecule has 0 radical (unpaired) electrons. The van der Waals surface area contributed by atoms with Crippen LogP contribution in [0, 0.1) is 0 Å². The van der Waals surface area contributed by atoms with Gasteiger partial charge in [-0.3, -0.25) is 9.00 Å². The van der Waals surface area contributed by atoms with Gasteiger partial charge in [-0.2, -0.15) is 0 Å². The zero-order valence-electron chi connectivity index (χ0n) is 8.99. The first-order chi connectivity index (χ1) is 6.97. The standard InChI is InChI=1S/C9H17NO4S/c1-3-4-5-15(14)6-8(9(12)13)10-7(2)11/h8H,3-6H2,1-2H3,(H,10,11)(H,12,13). The highest BCUT2D eigenvalue weighted by Gasteiger charge is 2.20. The van der Waals surface area contributed by atoms with Crippen molar-refractivity contribution in [1.29, 1.82) is 0 Å². The molecule has 0 fully saturated rings. The predicted molar refractivity (Wildman–Crippen MR) is 58.0 cm³/mol. The fourth-order valence-electron chi connectivity index (χ4n) is 0.995. The van der Waals surface area contributed by atoms with E-state index in [9.17, 15) is 13.8 Å². The molecule has 0 heterocycles. The van der Waals surface area contributed by atoms with E-state index in [0.29, 0.717) is 5.75 Å². The van der Waals surface area contributed by atoms with Gasteiger partial charge in [-0.25, -0.2) is 4.79 Å². The Morgan fingerprint density at radius 2 is 2.07 bits per heavy atom. The van der Waals surface area contributed by atoms with E-state index in [1.54, 1.807) is 0 Å². The van der Waals surface area contributed by atoms with Crippen LogP contribution in [0.1, 0.15) is 26.7 Å². The lowest BCUT2D eigenvalue weighted by molar-refractivity contribution is -0.140. The van der Waals surface area contributed by atoms with Crippen LogP contribution in [-0.2, 0) is 20.4 Å². The van der Waals surface area contributed by atoms with Crippen LogP contribution < -0.4 is 5.32 Å². The molecule has 0 aromatic heterocycles. The SMILES string of the molecule is CCCCS(=O)CC(NC(C)=O)C(=O)O. The minimum absolute atomic E-state index is 0.0189. The zero-order valence-corrected chi connectivity index (χ0v) is 9.80. The summed E-state index contributed by atoms with van der Waals surface area (Å²) in [6, 6.07) is -1.04. The number of unbranched alkanes of at least 4 members (excludes halogenated alkanes) is 1. The van der Waals surface area contributed by atoms with Crippen molar-refractivity contribution in [2.75, 3.05) is 11.5 Å². The van der Waals surface area contributed by atoms with Crippen LogP contribution in [0.15, 0.2) is 0 Å². The molecule has 2 N–H and O–H groups in total. The van der Waals surface area contributed by atoms with Gasteiger partial charge in [0.2, 0.25) is 5.91 Å². The van der Waals surface area contributed by atoms with Gasteiger partial charge in [-0.15, -0.1) is 0 Å². The van der Waals surface area contributed by atoms with Crippen molar-refractivity contribution in [2.45, 2.75) is 32.7 Å². The summed E-state index contributed by atoms with van der Waals surface area (Å²) in [6.07, 6.45) is 1.72. The molecule has 6 heteroatoms. The van der Waals surface area contributed by atoms with Crippen molar-refractivity contribution >= 4 is 22.7 Å². The number of carboxylic acid groups (broad SMARTS) is 1. The minimum atomic E-state index is -1.18. The van der Waals surface area contributed by atoms with Crippen molar-refractivity contribution in [1.82, 2.24) is 5.32 Å². The minimum Gasteiger partial charge on any atom is -0.480 e. The highest BCUT2D eigenvalue weighted by molar-refractivity contribution is 7.85. The topological polar surface area (TPSA) is 83.5 Å². The number of hydrogen-bond donors (Lipinski definition) is 2. The van der Waals surface area contributed by atoms with Gasteiger partial charge in [0.25, 0.3) is 0 Å². The van der Waals surface area contributed by atoms with Gasteiger partial charge < -0.3 is 10.4 Å². The first-order valence-corrected chi connectivity index (χ1v) is 6.31. The molecule has 2 unspecified atom stereocenters. The summed E-state index contributed by atoms with van der Waals surface area (Å²) in [5.41, 5.74) is 0. The second-order valence-corrected chi connectivity index (χ2v) is 4.88. The van der Waals surface area contributed by atoms with Gasteiger partial charge in [0.15, 0.2) is 0 Å². The van der Waals surface area contributed by atoms with Gasteiger partial charge >= 0.3 is 5.97 Å². The second kappa shape index (κ2) is 7.39. The van der Waals surface area contributed by atoms with E-state index in [4.69, 9.17) is 5.11 Å². The first-order valence-electron chi connectivity index (χ1n) is 4.82. The number of rotatable bonds is 7. The Kier molecular flexibility index (Phi) is 6.94. The van der Waals surface area contributed by atoms with E-state index in [2.05, 4.69) is 5.32 Å². The largest absolute Gasteiger partial charge is 0.480 e. The molecule has 5 nitrogen and oxygen atoms in total. The van der Waals surface area contributed by atoms with Crippen molar-refractivity contribution in [3.8, 4) is 0 Å². The van der Waals surface area contributed by atoms with Gasteiger partial charge in [0.05, 0.1) is 5.75 Å². The van der Waals surface area contributed by atoms with E-state index in [0.717, 1.165) is 12.8 Å². The summed E-state index contributed by atoms with van der Waals surface area (Å²) in [4.78, 5) is 21.4. The molecular formula is C9H17NO4S. The van der Waals surface area contributed by atoms with E-state index in [1.807, 2.05) is 6.92 Å². The summed E-state index contributed by atoms with van der Waals surface area (Å²) in [5, 5.41) is 11.0. The molecule has 0 aromatic rings. The number of aliphatic carboxylic acids is 1. The third kappa shape index (κ3) is 7.07. The van der Waals surface area contributed by atoms with Crippen LogP contribution in [0.25, 0.3) is 0 Å². The van der Waals surface area contributed by atoms with E-state index in [1.165, 1.54) is 6.92 Å². The van der Waals surface area contributed by atoms with E-state index < -0.39 is 28.7 Å². The average molecular weight is 235 g/mol. The number of amides is 1. The molecule has 0 aliphatic carbocycles. The average Bonchev–Trinajstić information content (AvgIpc) is 2.12. The normalized spacial score (nSPS) is 14.3. The summed E-state index contributed by atoms with van der Waals surface area (Å²) < 4.78 is 11.4. The van der Waals surface area contributed by atoms with E-state index >= 15 is 0 Å². The maximum atomic E-state index is 11.4. The van der Waals surface area contributed by atoms with E-state index in [-0.39, 0.29) is 5.75 Å². The lowest BCUT2D eigenvalue weighted by Crippen LogP contribution is -2.43. The van der Waals surface area contributed by atoms with Crippen LogP contribution in [0.3, 0.4) is 0 Å². The Balaban J connectivity index is 4.10. The molecule has 0 rings (SSSR count). The van der Waals surface area contributed by atoms with Crippen LogP contribution in [0.2, 0.25) is 0 Å². The number of hydrogen-bond acceptors (Lipinski definition) is 3. The third-order valence-corrected chi connectivity index (χ3v) is 3.20. The Morgan fingerprint density at radius 3 is 2.47 bits per heavy atom. The summed E-state index contributed by atoms with van der Waals surface area (Å²) >= 11 is 0. The lowest BCUT2D eigenvalue weighted by atomic mass is 10.3. The highest BCUT2D eigenvalue weighted by Crippen LogP contribution is 1.96. The van der Waals surface area contributed by atoms with Gasteiger partial charge in [-0.05, 0) is 6.42 Å². The number of carbonyl (C=O) groups excluding carboxylic acids is 1. The number of carbonyl (C=O) groups is 2. The molecule has 0 saturated heterocycles. The number of nitrogens with one attached hydrogen (secondary N) is 1. The van der Waals surface area contributed by atoms with Crippen molar-refractivity contribution in [2.24, 2.45) is 0 Å². The van der Waals surface area contributed by atoms with Crippen molar-refractivity contribution < 1.29 is 18.9 Å². The molecule has 88 valence electrons. The highest BCUT2D eigenvalue weighted by atomic mass is 32.2. The smallest absolute Gasteiger partial charge is 0.327 e. The van der Waals surface area contributed by atoms with Crippen molar-refractivity contribution in [3.05, 3.63) is 0 Å². The number of carboxylic acids is 1. The molecule has 0 spiro atoms. The monoisotopic (exact) mass is 235 g/mol. The Labute approximate surface area is 91.7 Å². The maximum Gasteiger partial charge on any atom is 0.327 e. The fourth-order valence-corrected chi connectivity index (χ4v) is 2.37. The third-order valence-electron chi connectivity index (χ3n) is 1.75. The van der Waals surface area contributed by atoms with Crippen LogP contribution in [-0.4, -0.2) is 38.7 Å².